The van der Waals surface area contributed by atoms with Gasteiger partial charge in [0.15, 0.2) is 5.69 Å². The van der Waals surface area contributed by atoms with Gasteiger partial charge in [-0.05, 0) is 68.1 Å². The first-order chi connectivity index (χ1) is 14.9. The molecule has 0 bridgehead atoms. The largest absolute Gasteiger partial charge is 0.345 e. The van der Waals surface area contributed by atoms with Gasteiger partial charge in [-0.3, -0.25) is 9.59 Å². The van der Waals surface area contributed by atoms with Gasteiger partial charge in [0.05, 0.1) is 5.69 Å². The topological polar surface area (TPSA) is 67.2 Å². The van der Waals surface area contributed by atoms with Crippen LogP contribution in [0.1, 0.15) is 51.4 Å². The Morgan fingerprint density at radius 3 is 2.52 bits per heavy atom. The zero-order valence-corrected chi connectivity index (χ0v) is 17.7. The third-order valence-electron chi connectivity index (χ3n) is 5.49. The minimum absolute atomic E-state index is 0.134. The Morgan fingerprint density at radius 1 is 1.03 bits per heavy atom. The molecule has 1 N–H and O–H groups in total. The second-order valence-corrected chi connectivity index (χ2v) is 7.96. The molecule has 7 heteroatoms. The van der Waals surface area contributed by atoms with Crippen LogP contribution in [0.5, 0.6) is 0 Å². The Balaban J connectivity index is 1.68. The zero-order chi connectivity index (χ0) is 22.0. The molecule has 0 unspecified atom stereocenters. The van der Waals surface area contributed by atoms with E-state index in [-0.39, 0.29) is 17.6 Å². The number of rotatable bonds is 4. The first-order valence-corrected chi connectivity index (χ1v) is 10.4. The van der Waals surface area contributed by atoms with E-state index < -0.39 is 0 Å². The van der Waals surface area contributed by atoms with Gasteiger partial charge >= 0.3 is 0 Å². The van der Waals surface area contributed by atoms with Gasteiger partial charge in [0.2, 0.25) is 0 Å². The number of carbonyl (C=O) groups is 2. The summed E-state index contributed by atoms with van der Waals surface area (Å²) in [6.45, 7) is 0. The van der Waals surface area contributed by atoms with Crippen LogP contribution >= 0.6 is 0 Å². The first-order valence-electron chi connectivity index (χ1n) is 10.4. The van der Waals surface area contributed by atoms with Crippen LogP contribution < -0.4 is 5.32 Å². The highest BCUT2D eigenvalue weighted by Crippen LogP contribution is 2.27. The van der Waals surface area contributed by atoms with Gasteiger partial charge in [0.1, 0.15) is 5.82 Å². The molecule has 2 aromatic carbocycles. The van der Waals surface area contributed by atoms with Gasteiger partial charge in [0.25, 0.3) is 11.8 Å². The summed E-state index contributed by atoms with van der Waals surface area (Å²) in [4.78, 5) is 26.9. The SMILES string of the molecule is CN(C)C(=O)c1cccc(NC(=O)c2nn(-c3ccc(F)cc3)c3c2CCCCC3)c1. The van der Waals surface area contributed by atoms with Crippen LogP contribution in [0.15, 0.2) is 48.5 Å². The molecule has 2 amide bonds. The number of aromatic nitrogens is 2. The number of hydrogen-bond acceptors (Lipinski definition) is 3. The van der Waals surface area contributed by atoms with Crippen molar-refractivity contribution in [3.8, 4) is 5.69 Å². The van der Waals surface area contributed by atoms with Crippen molar-refractivity contribution in [1.29, 1.82) is 0 Å². The molecule has 4 rings (SSSR count). The van der Waals surface area contributed by atoms with Crippen molar-refractivity contribution in [2.45, 2.75) is 32.1 Å². The molecule has 0 atom stereocenters. The summed E-state index contributed by atoms with van der Waals surface area (Å²) in [7, 11) is 3.37. The van der Waals surface area contributed by atoms with Crippen molar-refractivity contribution in [2.75, 3.05) is 19.4 Å². The van der Waals surface area contributed by atoms with Crippen molar-refractivity contribution >= 4 is 17.5 Å². The molecule has 1 heterocycles. The third kappa shape index (κ3) is 4.35. The van der Waals surface area contributed by atoms with E-state index in [0.29, 0.717) is 16.9 Å². The van der Waals surface area contributed by atoms with Crippen LogP contribution in [0, 0.1) is 5.82 Å². The molecule has 1 aliphatic carbocycles. The lowest BCUT2D eigenvalue weighted by atomic mass is 10.1. The number of benzene rings is 2. The normalized spacial score (nSPS) is 13.3. The van der Waals surface area contributed by atoms with E-state index in [4.69, 9.17) is 0 Å². The lowest BCUT2D eigenvalue weighted by Gasteiger charge is -2.11. The first kappa shape index (κ1) is 20.8. The number of carbonyl (C=O) groups excluding carboxylic acids is 2. The van der Waals surface area contributed by atoms with E-state index >= 15 is 0 Å². The van der Waals surface area contributed by atoms with Crippen LogP contribution in [0.4, 0.5) is 10.1 Å². The molecule has 0 spiro atoms. The number of hydrogen-bond donors (Lipinski definition) is 1. The molecular formula is C24H25FN4O2. The van der Waals surface area contributed by atoms with Gasteiger partial charge < -0.3 is 10.2 Å². The van der Waals surface area contributed by atoms with Crippen molar-refractivity contribution in [1.82, 2.24) is 14.7 Å². The van der Waals surface area contributed by atoms with Gasteiger partial charge in [-0.1, -0.05) is 12.5 Å². The summed E-state index contributed by atoms with van der Waals surface area (Å²) in [6, 6.07) is 13.0. The summed E-state index contributed by atoms with van der Waals surface area (Å²) in [5.41, 5.74) is 4.10. The van der Waals surface area contributed by atoms with Crippen molar-refractivity contribution < 1.29 is 14.0 Å². The zero-order valence-electron chi connectivity index (χ0n) is 17.7. The van der Waals surface area contributed by atoms with Gasteiger partial charge in [0, 0.05) is 36.6 Å². The molecule has 6 nitrogen and oxygen atoms in total. The summed E-state index contributed by atoms with van der Waals surface area (Å²) >= 11 is 0. The van der Waals surface area contributed by atoms with Gasteiger partial charge in [-0.2, -0.15) is 5.10 Å². The molecule has 3 aromatic rings. The van der Waals surface area contributed by atoms with Crippen molar-refractivity contribution in [3.63, 3.8) is 0 Å². The van der Waals surface area contributed by atoms with Crippen LogP contribution in [-0.4, -0.2) is 40.6 Å². The molecule has 1 aromatic heterocycles. The molecular weight excluding hydrogens is 395 g/mol. The van der Waals surface area contributed by atoms with E-state index in [1.54, 1.807) is 55.2 Å². The Morgan fingerprint density at radius 2 is 1.77 bits per heavy atom. The van der Waals surface area contributed by atoms with Crippen molar-refractivity contribution in [2.24, 2.45) is 0 Å². The maximum absolute atomic E-state index is 13.4. The number of halogens is 1. The highest BCUT2D eigenvalue weighted by Gasteiger charge is 2.25. The fraction of sp³-hybridized carbons (Fsp3) is 0.292. The monoisotopic (exact) mass is 420 g/mol. The average Bonchev–Trinajstić information content (AvgIpc) is 2.95. The Bertz CT molecular complexity index is 1120. The van der Waals surface area contributed by atoms with E-state index in [0.717, 1.165) is 49.0 Å². The summed E-state index contributed by atoms with van der Waals surface area (Å²) in [6.07, 6.45) is 4.71. The molecule has 0 fully saturated rings. The lowest BCUT2D eigenvalue weighted by Crippen LogP contribution is -2.22. The van der Waals surface area contributed by atoms with Gasteiger partial charge in [-0.15, -0.1) is 0 Å². The summed E-state index contributed by atoms with van der Waals surface area (Å²) < 4.78 is 15.2. The maximum Gasteiger partial charge on any atom is 0.276 e. The molecule has 0 saturated carbocycles. The lowest BCUT2D eigenvalue weighted by molar-refractivity contribution is 0.0827. The number of amides is 2. The molecule has 0 aliphatic heterocycles. The Labute approximate surface area is 180 Å². The summed E-state index contributed by atoms with van der Waals surface area (Å²) in [5.74, 6) is -0.758. The highest BCUT2D eigenvalue weighted by atomic mass is 19.1. The molecule has 1 aliphatic rings. The van der Waals surface area contributed by atoms with E-state index in [2.05, 4.69) is 10.4 Å². The predicted molar refractivity (Wildman–Crippen MR) is 117 cm³/mol. The van der Waals surface area contributed by atoms with E-state index in [1.807, 2.05) is 0 Å². The minimum Gasteiger partial charge on any atom is -0.345 e. The van der Waals surface area contributed by atoms with Gasteiger partial charge in [-0.25, -0.2) is 9.07 Å². The van der Waals surface area contributed by atoms with Crippen LogP contribution in [-0.2, 0) is 12.8 Å². The third-order valence-corrected chi connectivity index (χ3v) is 5.49. The smallest absolute Gasteiger partial charge is 0.276 e. The van der Waals surface area contributed by atoms with E-state index in [1.165, 1.54) is 17.0 Å². The molecule has 0 saturated heterocycles. The quantitative estimate of drug-likeness (QED) is 0.642. The van der Waals surface area contributed by atoms with E-state index in [9.17, 15) is 14.0 Å². The highest BCUT2D eigenvalue weighted by molar-refractivity contribution is 6.05. The Hall–Kier alpha value is -3.48. The fourth-order valence-electron chi connectivity index (χ4n) is 3.93. The van der Waals surface area contributed by atoms with Crippen LogP contribution in [0.25, 0.3) is 5.69 Å². The minimum atomic E-state index is -0.313. The number of fused-ring (bicyclic) bond motifs is 1. The standard InChI is InChI=1S/C24H25FN4O2/c1-28(2)24(31)16-7-6-8-18(15-16)26-23(30)22-20-9-4-3-5-10-21(20)29(27-22)19-13-11-17(25)12-14-19/h6-8,11-15H,3-5,9-10H2,1-2H3,(H,26,30). The maximum atomic E-state index is 13.4. The van der Waals surface area contributed by atoms with Crippen LogP contribution in [0.2, 0.25) is 0 Å². The predicted octanol–water partition coefficient (Wildman–Crippen LogP) is 4.23. The van der Waals surface area contributed by atoms with Crippen molar-refractivity contribution in [3.05, 3.63) is 76.9 Å². The number of anilines is 1. The molecule has 0 radical (unpaired) electrons. The fourth-order valence-corrected chi connectivity index (χ4v) is 3.93. The second kappa shape index (κ2) is 8.71. The summed E-state index contributed by atoms with van der Waals surface area (Å²) in [5, 5.41) is 7.51. The molecule has 160 valence electrons. The number of nitrogens with one attached hydrogen (secondary N) is 1. The Kier molecular flexibility index (Phi) is 5.84. The number of nitrogens with zero attached hydrogens (tertiary/aromatic N) is 3. The molecule has 31 heavy (non-hydrogen) atoms. The average molecular weight is 420 g/mol. The van der Waals surface area contributed by atoms with Crippen LogP contribution in [0.3, 0.4) is 0 Å². The second-order valence-electron chi connectivity index (χ2n) is 7.96.